The van der Waals surface area contributed by atoms with Gasteiger partial charge in [-0.25, -0.2) is 0 Å². The van der Waals surface area contributed by atoms with Crippen molar-refractivity contribution in [3.05, 3.63) is 59.4 Å². The normalized spacial score (nSPS) is 11.1. The summed E-state index contributed by atoms with van der Waals surface area (Å²) in [5.41, 5.74) is -0.570. The molecule has 8 heteroatoms. The molecule has 0 fully saturated rings. The van der Waals surface area contributed by atoms with Crippen molar-refractivity contribution in [3.63, 3.8) is 0 Å². The maximum atomic E-state index is 12.8. The third kappa shape index (κ3) is 6.09. The molecule has 0 aliphatic heterocycles. The zero-order valence-electron chi connectivity index (χ0n) is 14.8. The van der Waals surface area contributed by atoms with Crippen LogP contribution in [0.25, 0.3) is 0 Å². The van der Waals surface area contributed by atoms with E-state index in [4.69, 9.17) is 0 Å². The zero-order valence-corrected chi connectivity index (χ0v) is 14.8. The summed E-state index contributed by atoms with van der Waals surface area (Å²) in [7, 11) is 0. The lowest BCUT2D eigenvalue weighted by Gasteiger charge is -2.10. The molecule has 2 rings (SSSR count). The molecule has 0 saturated carbocycles. The zero-order chi connectivity index (χ0) is 19.9. The summed E-state index contributed by atoms with van der Waals surface area (Å²) in [5, 5.41) is 5.12. The summed E-state index contributed by atoms with van der Waals surface area (Å²) in [6.45, 7) is 2.57. The van der Waals surface area contributed by atoms with Crippen LogP contribution >= 0.6 is 0 Å². The number of pyridine rings is 1. The van der Waals surface area contributed by atoms with Crippen molar-refractivity contribution in [3.8, 4) is 0 Å². The summed E-state index contributed by atoms with van der Waals surface area (Å²) in [4.78, 5) is 28.2. The lowest BCUT2D eigenvalue weighted by Crippen LogP contribution is -2.25. The number of hydrogen-bond acceptors (Lipinski definition) is 3. The highest BCUT2D eigenvalue weighted by molar-refractivity contribution is 6.05. The summed E-state index contributed by atoms with van der Waals surface area (Å²) < 4.78 is 38.3. The van der Waals surface area contributed by atoms with Crippen molar-refractivity contribution in [2.45, 2.75) is 32.4 Å². The third-order valence-electron chi connectivity index (χ3n) is 3.78. The van der Waals surface area contributed by atoms with E-state index in [9.17, 15) is 22.8 Å². The molecule has 0 radical (unpaired) electrons. The molecule has 144 valence electrons. The predicted molar refractivity (Wildman–Crippen MR) is 95.5 cm³/mol. The molecule has 0 aliphatic carbocycles. The summed E-state index contributed by atoms with van der Waals surface area (Å²) in [6, 6.07) is 5.67. The number of rotatable bonds is 7. The van der Waals surface area contributed by atoms with Gasteiger partial charge >= 0.3 is 6.18 Å². The van der Waals surface area contributed by atoms with Crippen LogP contribution in [0, 0.1) is 0 Å². The molecule has 2 aromatic rings. The molecule has 0 spiro atoms. The molecule has 2 amide bonds. The summed E-state index contributed by atoms with van der Waals surface area (Å²) in [5.74, 6) is -1.00. The van der Waals surface area contributed by atoms with Gasteiger partial charge in [0.2, 0.25) is 0 Å². The number of amides is 2. The first-order valence-electron chi connectivity index (χ1n) is 8.53. The van der Waals surface area contributed by atoms with Crippen molar-refractivity contribution in [1.29, 1.82) is 0 Å². The Balaban J connectivity index is 2.06. The van der Waals surface area contributed by atoms with Gasteiger partial charge in [0.25, 0.3) is 11.8 Å². The average Bonchev–Trinajstić information content (AvgIpc) is 2.64. The van der Waals surface area contributed by atoms with Crippen LogP contribution in [-0.2, 0) is 6.18 Å². The topological polar surface area (TPSA) is 71.1 Å². The monoisotopic (exact) mass is 379 g/mol. The number of unbranched alkanes of at least 4 members (excludes halogenated alkanes) is 2. The molecule has 1 aromatic carbocycles. The minimum absolute atomic E-state index is 0.00393. The van der Waals surface area contributed by atoms with Crippen molar-refractivity contribution in [1.82, 2.24) is 10.3 Å². The summed E-state index contributed by atoms with van der Waals surface area (Å²) >= 11 is 0. The molecule has 27 heavy (non-hydrogen) atoms. The van der Waals surface area contributed by atoms with Gasteiger partial charge in [0.15, 0.2) is 0 Å². The minimum Gasteiger partial charge on any atom is -0.352 e. The van der Waals surface area contributed by atoms with E-state index in [-0.39, 0.29) is 22.7 Å². The molecular formula is C19H20F3N3O2. The van der Waals surface area contributed by atoms with E-state index >= 15 is 0 Å². The van der Waals surface area contributed by atoms with Crippen LogP contribution in [0.1, 0.15) is 52.5 Å². The van der Waals surface area contributed by atoms with Crippen molar-refractivity contribution >= 4 is 17.5 Å². The van der Waals surface area contributed by atoms with Gasteiger partial charge in [0.1, 0.15) is 0 Å². The van der Waals surface area contributed by atoms with Gasteiger partial charge < -0.3 is 10.6 Å². The van der Waals surface area contributed by atoms with Crippen LogP contribution in [0.2, 0.25) is 0 Å². The summed E-state index contributed by atoms with van der Waals surface area (Å²) in [6.07, 6.45) is 0.955. The smallest absolute Gasteiger partial charge is 0.352 e. The SMILES string of the molecule is CCCCCNC(=O)c1cncc(C(=O)Nc2cccc(C(F)(F)F)c2)c1. The van der Waals surface area contributed by atoms with Gasteiger partial charge in [0, 0.05) is 24.6 Å². The van der Waals surface area contributed by atoms with Crippen molar-refractivity contribution < 1.29 is 22.8 Å². The Morgan fingerprint density at radius 1 is 1.04 bits per heavy atom. The first-order valence-corrected chi connectivity index (χ1v) is 8.53. The Bertz CT molecular complexity index is 807. The van der Waals surface area contributed by atoms with Crippen LogP contribution in [0.15, 0.2) is 42.7 Å². The van der Waals surface area contributed by atoms with E-state index in [2.05, 4.69) is 22.5 Å². The van der Waals surface area contributed by atoms with Crippen LogP contribution in [0.5, 0.6) is 0 Å². The maximum absolute atomic E-state index is 12.8. The number of alkyl halides is 3. The van der Waals surface area contributed by atoms with Crippen molar-refractivity contribution in [2.75, 3.05) is 11.9 Å². The van der Waals surface area contributed by atoms with E-state index < -0.39 is 17.6 Å². The van der Waals surface area contributed by atoms with Crippen LogP contribution in [0.4, 0.5) is 18.9 Å². The molecule has 5 nitrogen and oxygen atoms in total. The minimum atomic E-state index is -4.50. The second-order valence-corrected chi connectivity index (χ2v) is 5.96. The molecule has 0 saturated heterocycles. The number of hydrogen-bond donors (Lipinski definition) is 2. The number of aromatic nitrogens is 1. The number of nitrogens with zero attached hydrogens (tertiary/aromatic N) is 1. The molecular weight excluding hydrogens is 359 g/mol. The molecule has 0 unspecified atom stereocenters. The van der Waals surface area contributed by atoms with Crippen molar-refractivity contribution in [2.24, 2.45) is 0 Å². The van der Waals surface area contributed by atoms with E-state index in [1.165, 1.54) is 30.6 Å². The second kappa shape index (κ2) is 9.16. The molecule has 1 heterocycles. The molecule has 0 aliphatic rings. The Morgan fingerprint density at radius 2 is 1.74 bits per heavy atom. The number of halogens is 3. The second-order valence-electron chi connectivity index (χ2n) is 5.96. The van der Waals surface area contributed by atoms with E-state index in [0.717, 1.165) is 31.4 Å². The largest absolute Gasteiger partial charge is 0.416 e. The Hall–Kier alpha value is -2.90. The van der Waals surface area contributed by atoms with Crippen LogP contribution in [-0.4, -0.2) is 23.3 Å². The van der Waals surface area contributed by atoms with E-state index in [1.54, 1.807) is 0 Å². The van der Waals surface area contributed by atoms with Gasteiger partial charge in [-0.1, -0.05) is 25.8 Å². The number of benzene rings is 1. The highest BCUT2D eigenvalue weighted by atomic mass is 19.4. The molecule has 0 bridgehead atoms. The number of anilines is 1. The highest BCUT2D eigenvalue weighted by Crippen LogP contribution is 2.30. The standard InChI is InChI=1S/C19H20F3N3O2/c1-2-3-4-8-24-17(26)13-9-14(12-23-11-13)18(27)25-16-7-5-6-15(10-16)19(20,21)22/h5-7,9-12H,2-4,8H2,1H3,(H,24,26)(H,25,27). The average molecular weight is 379 g/mol. The van der Waals surface area contributed by atoms with E-state index in [0.29, 0.717) is 6.54 Å². The molecule has 1 aromatic heterocycles. The third-order valence-corrected chi connectivity index (χ3v) is 3.78. The Kier molecular flexibility index (Phi) is 6.92. The first kappa shape index (κ1) is 20.4. The number of carbonyl (C=O) groups excluding carboxylic acids is 2. The van der Waals surface area contributed by atoms with Gasteiger partial charge in [-0.15, -0.1) is 0 Å². The molecule has 0 atom stereocenters. The molecule has 2 N–H and O–H groups in total. The van der Waals surface area contributed by atoms with Gasteiger partial charge in [-0.2, -0.15) is 13.2 Å². The lowest BCUT2D eigenvalue weighted by atomic mass is 10.1. The van der Waals surface area contributed by atoms with Crippen LogP contribution < -0.4 is 10.6 Å². The van der Waals surface area contributed by atoms with Gasteiger partial charge in [-0.3, -0.25) is 14.6 Å². The Morgan fingerprint density at radius 3 is 2.41 bits per heavy atom. The number of carbonyl (C=O) groups is 2. The maximum Gasteiger partial charge on any atom is 0.416 e. The fraction of sp³-hybridized carbons (Fsp3) is 0.316. The van der Waals surface area contributed by atoms with Crippen LogP contribution in [0.3, 0.4) is 0 Å². The number of nitrogens with one attached hydrogen (secondary N) is 2. The van der Waals surface area contributed by atoms with Gasteiger partial charge in [0.05, 0.1) is 16.7 Å². The highest BCUT2D eigenvalue weighted by Gasteiger charge is 2.30. The van der Waals surface area contributed by atoms with Gasteiger partial charge in [-0.05, 0) is 30.7 Å². The fourth-order valence-electron chi connectivity index (χ4n) is 2.34. The predicted octanol–water partition coefficient (Wildman–Crippen LogP) is 4.27. The Labute approximate surface area is 155 Å². The first-order chi connectivity index (χ1) is 12.8. The lowest BCUT2D eigenvalue weighted by molar-refractivity contribution is -0.137. The quantitative estimate of drug-likeness (QED) is 0.706. The fourth-order valence-corrected chi connectivity index (χ4v) is 2.34. The van der Waals surface area contributed by atoms with E-state index in [1.807, 2.05) is 0 Å².